The lowest BCUT2D eigenvalue weighted by atomic mass is 9.77. The average molecular weight is 197 g/mol. The number of ketones is 1. The van der Waals surface area contributed by atoms with Crippen LogP contribution in [0.2, 0.25) is 0 Å². The van der Waals surface area contributed by atoms with E-state index in [4.69, 9.17) is 4.74 Å². The van der Waals surface area contributed by atoms with E-state index in [0.717, 1.165) is 19.3 Å². The molecule has 1 N–H and O–H groups in total. The topological polar surface area (TPSA) is 55.4 Å². The zero-order valence-electron chi connectivity index (χ0n) is 8.29. The monoisotopic (exact) mass is 197 g/mol. The molecular formula is C10H15NO3. The first-order valence-corrected chi connectivity index (χ1v) is 5.08. The Morgan fingerprint density at radius 3 is 2.64 bits per heavy atom. The second-order valence-corrected chi connectivity index (χ2v) is 4.04. The summed E-state index contributed by atoms with van der Waals surface area (Å²) in [6, 6.07) is 0.0768. The highest BCUT2D eigenvalue weighted by Crippen LogP contribution is 2.29. The first kappa shape index (κ1) is 9.65. The number of nitrogens with one attached hydrogen (secondary N) is 1. The lowest BCUT2D eigenvalue weighted by Gasteiger charge is -2.37. The Bertz CT molecular complexity index is 256. The van der Waals surface area contributed by atoms with Crippen LogP contribution >= 0.6 is 0 Å². The van der Waals surface area contributed by atoms with Gasteiger partial charge in [0.15, 0.2) is 5.78 Å². The molecule has 1 heterocycles. The van der Waals surface area contributed by atoms with Crippen molar-refractivity contribution >= 4 is 11.7 Å². The molecule has 1 saturated carbocycles. The Labute approximate surface area is 83.0 Å². The largest absolute Gasteiger partial charge is 0.374 e. The fourth-order valence-electron chi connectivity index (χ4n) is 2.31. The Balaban J connectivity index is 1.97. The minimum Gasteiger partial charge on any atom is -0.374 e. The first-order chi connectivity index (χ1) is 6.72. The zero-order valence-corrected chi connectivity index (χ0v) is 8.29. The molecule has 0 aromatic carbocycles. The minimum atomic E-state index is -0.244. The molecule has 0 aromatic rings. The summed E-state index contributed by atoms with van der Waals surface area (Å²) >= 11 is 0. The van der Waals surface area contributed by atoms with E-state index in [0.29, 0.717) is 6.42 Å². The molecule has 3 atom stereocenters. The summed E-state index contributed by atoms with van der Waals surface area (Å²) < 4.78 is 5.12. The minimum absolute atomic E-state index is 0.00796. The summed E-state index contributed by atoms with van der Waals surface area (Å²) in [6.07, 6.45) is 3.00. The lowest BCUT2D eigenvalue weighted by Crippen LogP contribution is -2.56. The van der Waals surface area contributed by atoms with E-state index in [1.54, 1.807) is 7.11 Å². The number of carbonyl (C=O) groups excluding carboxylic acids is 2. The van der Waals surface area contributed by atoms with Crippen molar-refractivity contribution in [1.82, 2.24) is 5.32 Å². The molecule has 0 spiro atoms. The number of Topliss-reactive ketones (excluding diaryl/α,β-unsaturated/α-hetero) is 1. The van der Waals surface area contributed by atoms with Crippen LogP contribution in [0.3, 0.4) is 0 Å². The van der Waals surface area contributed by atoms with Crippen LogP contribution in [0.4, 0.5) is 0 Å². The van der Waals surface area contributed by atoms with Gasteiger partial charge in [-0.15, -0.1) is 0 Å². The highest BCUT2D eigenvalue weighted by molar-refractivity contribution is 5.91. The third kappa shape index (κ3) is 1.54. The smallest absolute Gasteiger partial charge is 0.222 e. The lowest BCUT2D eigenvalue weighted by molar-refractivity contribution is -0.141. The standard InChI is InChI=1S/C10H15NO3/c1-14-8-4-2-3-6(10(8)13)7-5-9(12)11-7/h6-8H,2-5H2,1H3,(H,11,12)/t6-,7-,8+/m0/s1. The van der Waals surface area contributed by atoms with Gasteiger partial charge in [-0.05, 0) is 19.3 Å². The molecule has 1 aliphatic heterocycles. The highest BCUT2D eigenvalue weighted by atomic mass is 16.5. The Hall–Kier alpha value is -0.900. The molecule has 1 saturated heterocycles. The van der Waals surface area contributed by atoms with Gasteiger partial charge < -0.3 is 10.1 Å². The van der Waals surface area contributed by atoms with E-state index < -0.39 is 0 Å². The van der Waals surface area contributed by atoms with Gasteiger partial charge in [-0.25, -0.2) is 0 Å². The molecule has 0 aromatic heterocycles. The SMILES string of the molecule is CO[C@@H]1CCC[C@@H]([C@@H]2CC(=O)N2)C1=O. The maximum atomic E-state index is 11.8. The third-order valence-electron chi connectivity index (χ3n) is 3.19. The van der Waals surface area contributed by atoms with E-state index in [1.807, 2.05) is 0 Å². The Kier molecular flexibility index (Phi) is 2.54. The zero-order chi connectivity index (χ0) is 10.1. The summed E-state index contributed by atoms with van der Waals surface area (Å²) in [4.78, 5) is 22.6. The summed E-state index contributed by atoms with van der Waals surface area (Å²) in [5, 5.41) is 2.77. The fourth-order valence-corrected chi connectivity index (χ4v) is 2.31. The second-order valence-electron chi connectivity index (χ2n) is 4.04. The van der Waals surface area contributed by atoms with Crippen LogP contribution in [0.25, 0.3) is 0 Å². The molecule has 2 aliphatic rings. The van der Waals surface area contributed by atoms with Gasteiger partial charge in [-0.2, -0.15) is 0 Å². The molecule has 0 bridgehead atoms. The van der Waals surface area contributed by atoms with E-state index >= 15 is 0 Å². The van der Waals surface area contributed by atoms with Gasteiger partial charge in [0.05, 0.1) is 0 Å². The van der Waals surface area contributed by atoms with Crippen molar-refractivity contribution < 1.29 is 14.3 Å². The number of hydrogen-bond donors (Lipinski definition) is 1. The molecule has 4 heteroatoms. The Morgan fingerprint density at radius 1 is 1.36 bits per heavy atom. The molecular weight excluding hydrogens is 182 g/mol. The van der Waals surface area contributed by atoms with Crippen LogP contribution in [0.15, 0.2) is 0 Å². The van der Waals surface area contributed by atoms with Crippen molar-refractivity contribution in [3.63, 3.8) is 0 Å². The molecule has 1 amide bonds. The van der Waals surface area contributed by atoms with E-state index in [-0.39, 0.29) is 29.8 Å². The van der Waals surface area contributed by atoms with Gasteiger partial charge in [0, 0.05) is 25.5 Å². The van der Waals surface area contributed by atoms with Crippen LogP contribution in [0.5, 0.6) is 0 Å². The van der Waals surface area contributed by atoms with Crippen molar-refractivity contribution in [3.8, 4) is 0 Å². The van der Waals surface area contributed by atoms with Crippen molar-refractivity contribution in [2.45, 2.75) is 37.8 Å². The molecule has 2 fully saturated rings. The van der Waals surface area contributed by atoms with Gasteiger partial charge in [-0.3, -0.25) is 9.59 Å². The fraction of sp³-hybridized carbons (Fsp3) is 0.800. The van der Waals surface area contributed by atoms with Crippen molar-refractivity contribution in [1.29, 1.82) is 0 Å². The van der Waals surface area contributed by atoms with Gasteiger partial charge in [0.25, 0.3) is 0 Å². The van der Waals surface area contributed by atoms with Crippen LogP contribution in [0, 0.1) is 5.92 Å². The van der Waals surface area contributed by atoms with Crippen LogP contribution in [0.1, 0.15) is 25.7 Å². The maximum Gasteiger partial charge on any atom is 0.222 e. The van der Waals surface area contributed by atoms with E-state index in [1.165, 1.54) is 0 Å². The molecule has 0 radical (unpaired) electrons. The molecule has 78 valence electrons. The van der Waals surface area contributed by atoms with Crippen molar-refractivity contribution in [2.75, 3.05) is 7.11 Å². The molecule has 14 heavy (non-hydrogen) atoms. The van der Waals surface area contributed by atoms with Gasteiger partial charge in [0.1, 0.15) is 6.10 Å². The number of amides is 1. The normalized spacial score (nSPS) is 37.6. The summed E-state index contributed by atoms with van der Waals surface area (Å²) in [7, 11) is 1.57. The van der Waals surface area contributed by atoms with Crippen molar-refractivity contribution in [3.05, 3.63) is 0 Å². The molecule has 2 rings (SSSR count). The molecule has 4 nitrogen and oxygen atoms in total. The number of ether oxygens (including phenoxy) is 1. The maximum absolute atomic E-state index is 11.8. The quantitative estimate of drug-likeness (QED) is 0.646. The van der Waals surface area contributed by atoms with Gasteiger partial charge in [-0.1, -0.05) is 0 Å². The predicted molar refractivity (Wildman–Crippen MR) is 49.7 cm³/mol. The number of methoxy groups -OCH3 is 1. The van der Waals surface area contributed by atoms with Gasteiger partial charge >= 0.3 is 0 Å². The third-order valence-corrected chi connectivity index (χ3v) is 3.19. The van der Waals surface area contributed by atoms with Crippen LogP contribution in [-0.4, -0.2) is 30.9 Å². The number of rotatable bonds is 2. The van der Waals surface area contributed by atoms with Crippen LogP contribution in [-0.2, 0) is 14.3 Å². The number of hydrogen-bond acceptors (Lipinski definition) is 3. The summed E-state index contributed by atoms with van der Waals surface area (Å²) in [6.45, 7) is 0. The van der Waals surface area contributed by atoms with Gasteiger partial charge in [0.2, 0.25) is 5.91 Å². The molecule has 1 aliphatic carbocycles. The van der Waals surface area contributed by atoms with E-state index in [2.05, 4.69) is 5.32 Å². The average Bonchev–Trinajstić information content (AvgIpc) is 2.14. The van der Waals surface area contributed by atoms with Crippen molar-refractivity contribution in [2.24, 2.45) is 5.92 Å². The molecule has 0 unspecified atom stereocenters. The Morgan fingerprint density at radius 2 is 2.07 bits per heavy atom. The second kappa shape index (κ2) is 3.69. The summed E-state index contributed by atoms with van der Waals surface area (Å²) in [5.74, 6) is 0.220. The number of carbonyl (C=O) groups is 2. The first-order valence-electron chi connectivity index (χ1n) is 5.08. The summed E-state index contributed by atoms with van der Waals surface area (Å²) in [5.41, 5.74) is 0. The number of β-lactam (4-membered cyclic amide) rings is 1. The van der Waals surface area contributed by atoms with E-state index in [9.17, 15) is 9.59 Å². The van der Waals surface area contributed by atoms with Crippen LogP contribution < -0.4 is 5.32 Å². The predicted octanol–water partition coefficient (Wildman–Crippen LogP) is 0.259. The highest BCUT2D eigenvalue weighted by Gasteiger charge is 2.41.